The van der Waals surface area contributed by atoms with Crippen molar-refractivity contribution in [2.45, 2.75) is 6.92 Å². The molecule has 0 aliphatic rings. The Morgan fingerprint density at radius 3 is 2.28 bits per heavy atom. The molecule has 0 saturated carbocycles. The third-order valence-corrected chi connectivity index (χ3v) is 3.60. The lowest BCUT2D eigenvalue weighted by atomic mass is 10.2. The summed E-state index contributed by atoms with van der Waals surface area (Å²) in [4.78, 5) is 33.6. The molecule has 0 heterocycles. The number of carbonyl (C=O) groups is 2. The minimum atomic E-state index is -0.659. The van der Waals surface area contributed by atoms with Crippen LogP contribution in [-0.4, -0.2) is 23.8 Å². The van der Waals surface area contributed by atoms with E-state index in [-0.39, 0.29) is 22.9 Å². The van der Waals surface area contributed by atoms with Crippen molar-refractivity contribution in [3.05, 3.63) is 64.4 Å². The zero-order chi connectivity index (χ0) is 21.4. The normalized spacial score (nSPS) is 10.4. The van der Waals surface area contributed by atoms with Gasteiger partial charge in [-0.15, -0.1) is 0 Å². The lowest BCUT2D eigenvalue weighted by Crippen LogP contribution is -2.14. The maximum atomic E-state index is 12.3. The largest absolute Gasteiger partial charge is 0.494 e. The molecule has 0 aliphatic heterocycles. The Morgan fingerprint density at radius 2 is 1.76 bits per heavy atom. The van der Waals surface area contributed by atoms with Crippen molar-refractivity contribution in [3.63, 3.8) is 0 Å². The van der Waals surface area contributed by atoms with Crippen molar-refractivity contribution < 1.29 is 19.2 Å². The maximum absolute atomic E-state index is 12.3. The fourth-order valence-electron chi connectivity index (χ4n) is 2.25. The predicted octanol–water partition coefficient (Wildman–Crippen LogP) is 3.02. The van der Waals surface area contributed by atoms with Crippen LogP contribution in [0.15, 0.2) is 54.2 Å². The summed E-state index contributed by atoms with van der Waals surface area (Å²) in [5.74, 6) is -0.695. The number of hydrogen-bond donors (Lipinski definition) is 3. The molecule has 0 aliphatic carbocycles. The summed E-state index contributed by atoms with van der Waals surface area (Å²) < 4.78 is 5.09. The van der Waals surface area contributed by atoms with E-state index in [9.17, 15) is 25.0 Å². The molecule has 0 bridgehead atoms. The van der Waals surface area contributed by atoms with Crippen molar-refractivity contribution >= 4 is 34.6 Å². The van der Waals surface area contributed by atoms with E-state index in [0.29, 0.717) is 17.1 Å². The molecular formula is C19H17N5O5. The number of methoxy groups -OCH3 is 1. The fraction of sp³-hybridized carbons (Fsp3) is 0.105. The summed E-state index contributed by atoms with van der Waals surface area (Å²) in [6.45, 7) is 1.38. The number of nitrogens with zero attached hydrogens (tertiary/aromatic N) is 2. The van der Waals surface area contributed by atoms with Crippen molar-refractivity contribution in [2.24, 2.45) is 0 Å². The van der Waals surface area contributed by atoms with Crippen LogP contribution in [0.5, 0.6) is 5.75 Å². The van der Waals surface area contributed by atoms with E-state index in [1.54, 1.807) is 30.3 Å². The number of nitriles is 1. The molecule has 0 radical (unpaired) electrons. The molecule has 0 spiro atoms. The van der Waals surface area contributed by atoms with Gasteiger partial charge in [-0.1, -0.05) is 0 Å². The Kier molecular flexibility index (Phi) is 6.86. The SMILES string of the molecule is COc1cc([N+](=O)[O-])ccc1N/C=C(/C#N)C(=O)Nc1ccc(NC(C)=O)cc1. The Morgan fingerprint density at radius 1 is 1.14 bits per heavy atom. The second-order valence-corrected chi connectivity index (χ2v) is 5.67. The smallest absolute Gasteiger partial charge is 0.273 e. The lowest BCUT2D eigenvalue weighted by molar-refractivity contribution is -0.384. The van der Waals surface area contributed by atoms with E-state index in [1.807, 2.05) is 0 Å². The average Bonchev–Trinajstić information content (AvgIpc) is 2.69. The van der Waals surface area contributed by atoms with Gasteiger partial charge in [0.05, 0.1) is 23.8 Å². The average molecular weight is 395 g/mol. The molecule has 0 aromatic heterocycles. The number of amides is 2. The molecule has 2 aromatic carbocycles. The van der Waals surface area contributed by atoms with Crippen LogP contribution in [0.25, 0.3) is 0 Å². The number of non-ortho nitro benzene ring substituents is 1. The van der Waals surface area contributed by atoms with Gasteiger partial charge in [-0.2, -0.15) is 5.26 Å². The number of anilines is 3. The quantitative estimate of drug-likeness (QED) is 0.282. The molecule has 0 unspecified atom stereocenters. The number of carbonyl (C=O) groups excluding carboxylic acids is 2. The van der Waals surface area contributed by atoms with E-state index in [2.05, 4.69) is 16.0 Å². The molecule has 2 rings (SSSR count). The third kappa shape index (κ3) is 5.80. The summed E-state index contributed by atoms with van der Waals surface area (Å²) in [6, 6.07) is 12.0. The molecule has 2 aromatic rings. The van der Waals surface area contributed by atoms with Crippen LogP contribution < -0.4 is 20.7 Å². The summed E-state index contributed by atoms with van der Waals surface area (Å²) in [7, 11) is 1.34. The van der Waals surface area contributed by atoms with Gasteiger partial charge >= 0.3 is 0 Å². The first-order chi connectivity index (χ1) is 13.8. The van der Waals surface area contributed by atoms with Crippen LogP contribution in [0.4, 0.5) is 22.7 Å². The molecule has 10 nitrogen and oxygen atoms in total. The second kappa shape index (κ2) is 9.52. The predicted molar refractivity (Wildman–Crippen MR) is 106 cm³/mol. The van der Waals surface area contributed by atoms with Crippen molar-refractivity contribution in [2.75, 3.05) is 23.1 Å². The highest BCUT2D eigenvalue weighted by Crippen LogP contribution is 2.29. The van der Waals surface area contributed by atoms with Crippen LogP contribution >= 0.6 is 0 Å². The van der Waals surface area contributed by atoms with Crippen molar-refractivity contribution in [3.8, 4) is 11.8 Å². The number of rotatable bonds is 7. The maximum Gasteiger partial charge on any atom is 0.273 e. The standard InChI is InChI=1S/C19H17N5O5/c1-12(25)22-14-3-5-15(6-4-14)23-19(26)13(10-20)11-21-17-8-7-16(24(27)28)9-18(17)29-2/h3-9,11,21H,1-2H3,(H,22,25)(H,23,26)/b13-11-. The first-order valence-electron chi connectivity index (χ1n) is 8.22. The Balaban J connectivity index is 2.11. The zero-order valence-electron chi connectivity index (χ0n) is 15.6. The highest BCUT2D eigenvalue weighted by atomic mass is 16.6. The number of hydrogen-bond acceptors (Lipinski definition) is 7. The van der Waals surface area contributed by atoms with Gasteiger partial charge in [0.15, 0.2) is 0 Å². The second-order valence-electron chi connectivity index (χ2n) is 5.67. The van der Waals surface area contributed by atoms with Gasteiger partial charge in [0.1, 0.15) is 17.4 Å². The van der Waals surface area contributed by atoms with E-state index in [4.69, 9.17) is 4.74 Å². The van der Waals surface area contributed by atoms with Crippen LogP contribution in [0, 0.1) is 21.4 Å². The van der Waals surface area contributed by atoms with E-state index < -0.39 is 10.8 Å². The van der Waals surface area contributed by atoms with Gasteiger partial charge < -0.3 is 20.7 Å². The van der Waals surface area contributed by atoms with Crippen LogP contribution in [0.1, 0.15) is 6.92 Å². The number of benzene rings is 2. The first kappa shape index (κ1) is 20.9. The van der Waals surface area contributed by atoms with Crippen LogP contribution in [0.2, 0.25) is 0 Å². The zero-order valence-corrected chi connectivity index (χ0v) is 15.6. The van der Waals surface area contributed by atoms with Gasteiger partial charge in [-0.05, 0) is 30.3 Å². The Labute approximate surface area is 165 Å². The molecule has 2 amide bonds. The lowest BCUT2D eigenvalue weighted by Gasteiger charge is -2.09. The topological polar surface area (TPSA) is 146 Å². The molecule has 148 valence electrons. The highest BCUT2D eigenvalue weighted by molar-refractivity contribution is 6.06. The molecule has 10 heteroatoms. The molecule has 0 saturated heterocycles. The van der Waals surface area contributed by atoms with E-state index in [0.717, 1.165) is 0 Å². The summed E-state index contributed by atoms with van der Waals surface area (Å²) >= 11 is 0. The van der Waals surface area contributed by atoms with Crippen LogP contribution in [-0.2, 0) is 9.59 Å². The molecule has 0 fully saturated rings. The number of nitrogens with one attached hydrogen (secondary N) is 3. The Bertz CT molecular complexity index is 1010. The Hall–Kier alpha value is -4.39. The minimum Gasteiger partial charge on any atom is -0.494 e. The molecular weight excluding hydrogens is 378 g/mol. The summed E-state index contributed by atoms with van der Waals surface area (Å²) in [6.07, 6.45) is 1.17. The van der Waals surface area contributed by atoms with E-state index in [1.165, 1.54) is 38.4 Å². The molecule has 3 N–H and O–H groups in total. The van der Waals surface area contributed by atoms with Gasteiger partial charge in [0.2, 0.25) is 5.91 Å². The van der Waals surface area contributed by atoms with Gasteiger partial charge in [0, 0.05) is 30.6 Å². The summed E-state index contributed by atoms with van der Waals surface area (Å²) in [5.41, 5.74) is 0.962. The monoisotopic (exact) mass is 395 g/mol. The number of nitro benzene ring substituents is 1. The molecule has 29 heavy (non-hydrogen) atoms. The number of ether oxygens (including phenoxy) is 1. The minimum absolute atomic E-state index is 0.155. The van der Waals surface area contributed by atoms with Gasteiger partial charge in [-0.3, -0.25) is 19.7 Å². The van der Waals surface area contributed by atoms with Crippen LogP contribution in [0.3, 0.4) is 0 Å². The molecule has 0 atom stereocenters. The highest BCUT2D eigenvalue weighted by Gasteiger charge is 2.13. The first-order valence-corrected chi connectivity index (χ1v) is 8.22. The number of nitro groups is 1. The van der Waals surface area contributed by atoms with Gasteiger partial charge in [-0.25, -0.2) is 0 Å². The van der Waals surface area contributed by atoms with Crippen molar-refractivity contribution in [1.29, 1.82) is 5.26 Å². The third-order valence-electron chi connectivity index (χ3n) is 3.60. The van der Waals surface area contributed by atoms with Gasteiger partial charge in [0.25, 0.3) is 11.6 Å². The fourth-order valence-corrected chi connectivity index (χ4v) is 2.25. The summed E-state index contributed by atoms with van der Waals surface area (Å²) in [5, 5.41) is 28.0. The van der Waals surface area contributed by atoms with Crippen molar-refractivity contribution in [1.82, 2.24) is 0 Å². The van der Waals surface area contributed by atoms with E-state index >= 15 is 0 Å².